The molecule has 0 bridgehead atoms. The highest BCUT2D eigenvalue weighted by atomic mass is 15.0. The molecule has 2 aromatic heterocycles. The first kappa shape index (κ1) is 31.4. The van der Waals surface area contributed by atoms with Crippen LogP contribution in [-0.2, 0) is 0 Å². The molecule has 4 nitrogen and oxygen atoms in total. The van der Waals surface area contributed by atoms with Crippen LogP contribution in [0.2, 0.25) is 0 Å². The predicted octanol–water partition coefficient (Wildman–Crippen LogP) is 12.7. The van der Waals surface area contributed by atoms with Crippen LogP contribution in [0.4, 0.5) is 0 Å². The van der Waals surface area contributed by atoms with E-state index in [2.05, 4.69) is 114 Å². The minimum absolute atomic E-state index is 0.615. The number of fused-ring (bicyclic) bond motifs is 6. The number of rotatable bonds is 6. The lowest BCUT2D eigenvalue weighted by atomic mass is 9.90. The quantitative estimate of drug-likeness (QED) is 0.163. The van der Waals surface area contributed by atoms with Crippen LogP contribution in [-0.4, -0.2) is 19.9 Å². The molecule has 252 valence electrons. The van der Waals surface area contributed by atoms with E-state index in [0.717, 1.165) is 50.2 Å². The third kappa shape index (κ3) is 5.76. The molecule has 10 aromatic rings. The van der Waals surface area contributed by atoms with Gasteiger partial charge in [0, 0.05) is 28.5 Å². The normalized spacial score (nSPS) is 11.3. The molecule has 0 aliphatic heterocycles. The molecule has 0 N–H and O–H groups in total. The first-order chi connectivity index (χ1) is 26.7. The number of hydrogen-bond acceptors (Lipinski definition) is 4. The van der Waals surface area contributed by atoms with Crippen LogP contribution < -0.4 is 0 Å². The molecule has 0 aliphatic carbocycles. The Morgan fingerprint density at radius 1 is 0.241 bits per heavy atom. The Bertz CT molecular complexity index is 2880. The summed E-state index contributed by atoms with van der Waals surface area (Å²) in [6.45, 7) is 0. The molecule has 4 heteroatoms. The predicted molar refractivity (Wildman–Crippen MR) is 223 cm³/mol. The average Bonchev–Trinajstić information content (AvgIpc) is 3.27. The van der Waals surface area contributed by atoms with Gasteiger partial charge in [-0.1, -0.05) is 146 Å². The lowest BCUT2D eigenvalue weighted by molar-refractivity contribution is 1.07. The zero-order chi connectivity index (χ0) is 35.8. The molecule has 54 heavy (non-hydrogen) atoms. The van der Waals surface area contributed by atoms with Gasteiger partial charge in [0.2, 0.25) is 0 Å². The van der Waals surface area contributed by atoms with Crippen molar-refractivity contribution in [3.05, 3.63) is 194 Å². The zero-order valence-corrected chi connectivity index (χ0v) is 29.3. The van der Waals surface area contributed by atoms with E-state index in [1.807, 2.05) is 85.1 Å². The highest BCUT2D eigenvalue weighted by molar-refractivity contribution is 6.25. The van der Waals surface area contributed by atoms with Crippen LogP contribution in [0, 0.1) is 0 Å². The standard InChI is InChI=1S/C50H32N4/c1-3-14-33(15-4-1)48-52-49(34-16-5-2-6-17-34)54-50(53-48)40-30-38(35-18-13-19-37(28-35)47-24-11-12-27-51-47)29-39(31-40)36-25-26-45-43-22-8-7-20-41(43)42-21-9-10-23-44(42)46(45)32-36/h1-32H. The summed E-state index contributed by atoms with van der Waals surface area (Å²) in [5, 5.41) is 7.48. The summed E-state index contributed by atoms with van der Waals surface area (Å²) in [6, 6.07) is 65.8. The van der Waals surface area contributed by atoms with Gasteiger partial charge in [0.1, 0.15) is 0 Å². The maximum Gasteiger partial charge on any atom is 0.164 e. The second-order valence-corrected chi connectivity index (χ2v) is 13.5. The van der Waals surface area contributed by atoms with Crippen molar-refractivity contribution in [3.63, 3.8) is 0 Å². The number of pyridine rings is 1. The Morgan fingerprint density at radius 3 is 1.24 bits per heavy atom. The van der Waals surface area contributed by atoms with Crippen LogP contribution >= 0.6 is 0 Å². The molecule has 0 aliphatic rings. The summed E-state index contributed by atoms with van der Waals surface area (Å²) >= 11 is 0. The van der Waals surface area contributed by atoms with E-state index in [1.165, 1.54) is 32.3 Å². The molecule has 10 rings (SSSR count). The average molecular weight is 689 g/mol. The van der Waals surface area contributed by atoms with Gasteiger partial charge in [0.25, 0.3) is 0 Å². The SMILES string of the molecule is c1ccc(-c2nc(-c3ccccc3)nc(-c3cc(-c4cccc(-c5ccccn5)c4)cc(-c4ccc5c6ccccc6c6ccccc6c5c4)c3)n2)cc1. The molecular weight excluding hydrogens is 657 g/mol. The van der Waals surface area contributed by atoms with Gasteiger partial charge >= 0.3 is 0 Å². The Balaban J connectivity index is 1.22. The first-order valence-electron chi connectivity index (χ1n) is 18.1. The van der Waals surface area contributed by atoms with Gasteiger partial charge < -0.3 is 0 Å². The van der Waals surface area contributed by atoms with E-state index in [4.69, 9.17) is 15.0 Å². The molecule has 0 atom stereocenters. The van der Waals surface area contributed by atoms with Crippen molar-refractivity contribution >= 4 is 32.3 Å². The van der Waals surface area contributed by atoms with E-state index in [9.17, 15) is 0 Å². The summed E-state index contributed by atoms with van der Waals surface area (Å²) in [6.07, 6.45) is 1.84. The second kappa shape index (κ2) is 13.4. The lowest BCUT2D eigenvalue weighted by Gasteiger charge is -2.15. The van der Waals surface area contributed by atoms with Gasteiger partial charge in [-0.15, -0.1) is 0 Å². The minimum atomic E-state index is 0.615. The summed E-state index contributed by atoms with van der Waals surface area (Å²) < 4.78 is 0. The van der Waals surface area contributed by atoms with Crippen molar-refractivity contribution in [2.75, 3.05) is 0 Å². The molecule has 0 fully saturated rings. The van der Waals surface area contributed by atoms with E-state index in [-0.39, 0.29) is 0 Å². The summed E-state index contributed by atoms with van der Waals surface area (Å²) in [5.41, 5.74) is 9.11. The number of hydrogen-bond donors (Lipinski definition) is 0. The third-order valence-corrected chi connectivity index (χ3v) is 10.1. The molecule has 2 heterocycles. The van der Waals surface area contributed by atoms with Crippen LogP contribution in [0.3, 0.4) is 0 Å². The summed E-state index contributed by atoms with van der Waals surface area (Å²) in [5.74, 6) is 1.88. The molecule has 0 radical (unpaired) electrons. The highest BCUT2D eigenvalue weighted by Crippen LogP contribution is 2.39. The number of benzene rings is 8. The molecular formula is C50H32N4. The molecule has 0 spiro atoms. The Morgan fingerprint density at radius 2 is 0.667 bits per heavy atom. The Kier molecular flexibility index (Phi) is 7.77. The van der Waals surface area contributed by atoms with Crippen molar-refractivity contribution in [1.82, 2.24) is 19.9 Å². The Labute approximate surface area is 313 Å². The van der Waals surface area contributed by atoms with Crippen LogP contribution in [0.15, 0.2) is 194 Å². The molecule has 0 amide bonds. The zero-order valence-electron chi connectivity index (χ0n) is 29.3. The van der Waals surface area contributed by atoms with Crippen LogP contribution in [0.25, 0.3) is 100.0 Å². The number of nitrogens with zero attached hydrogens (tertiary/aromatic N) is 4. The molecule has 0 saturated carbocycles. The third-order valence-electron chi connectivity index (χ3n) is 10.1. The van der Waals surface area contributed by atoms with Gasteiger partial charge in [-0.25, -0.2) is 15.0 Å². The first-order valence-corrected chi connectivity index (χ1v) is 18.1. The van der Waals surface area contributed by atoms with Crippen molar-refractivity contribution in [2.45, 2.75) is 0 Å². The van der Waals surface area contributed by atoms with Gasteiger partial charge in [-0.05, 0) is 97.0 Å². The highest BCUT2D eigenvalue weighted by Gasteiger charge is 2.16. The fraction of sp³-hybridized carbons (Fsp3) is 0. The van der Waals surface area contributed by atoms with E-state index in [0.29, 0.717) is 17.5 Å². The maximum atomic E-state index is 5.13. The van der Waals surface area contributed by atoms with Crippen molar-refractivity contribution in [1.29, 1.82) is 0 Å². The van der Waals surface area contributed by atoms with Gasteiger partial charge in [-0.2, -0.15) is 0 Å². The van der Waals surface area contributed by atoms with Gasteiger partial charge in [0.05, 0.1) is 5.69 Å². The Hall–Kier alpha value is -7.30. The fourth-order valence-electron chi connectivity index (χ4n) is 7.51. The van der Waals surface area contributed by atoms with E-state index < -0.39 is 0 Å². The monoisotopic (exact) mass is 688 g/mol. The van der Waals surface area contributed by atoms with Crippen LogP contribution in [0.1, 0.15) is 0 Å². The molecule has 0 saturated heterocycles. The van der Waals surface area contributed by atoms with Gasteiger partial charge in [-0.3, -0.25) is 4.98 Å². The largest absolute Gasteiger partial charge is 0.256 e. The molecule has 8 aromatic carbocycles. The number of aromatic nitrogens is 4. The minimum Gasteiger partial charge on any atom is -0.256 e. The smallest absolute Gasteiger partial charge is 0.164 e. The maximum absolute atomic E-state index is 5.13. The summed E-state index contributed by atoms with van der Waals surface area (Å²) in [7, 11) is 0. The summed E-state index contributed by atoms with van der Waals surface area (Å²) in [4.78, 5) is 19.9. The van der Waals surface area contributed by atoms with E-state index in [1.54, 1.807) is 0 Å². The van der Waals surface area contributed by atoms with Gasteiger partial charge in [0.15, 0.2) is 17.5 Å². The second-order valence-electron chi connectivity index (χ2n) is 13.5. The van der Waals surface area contributed by atoms with Crippen molar-refractivity contribution in [3.8, 4) is 67.7 Å². The van der Waals surface area contributed by atoms with E-state index >= 15 is 0 Å². The van der Waals surface area contributed by atoms with Crippen molar-refractivity contribution in [2.24, 2.45) is 0 Å². The fourth-order valence-corrected chi connectivity index (χ4v) is 7.51. The molecule has 0 unspecified atom stereocenters. The van der Waals surface area contributed by atoms with Crippen LogP contribution in [0.5, 0.6) is 0 Å². The topological polar surface area (TPSA) is 51.6 Å². The lowest BCUT2D eigenvalue weighted by Crippen LogP contribution is -2.00. The van der Waals surface area contributed by atoms with Crippen molar-refractivity contribution < 1.29 is 0 Å².